The van der Waals surface area contributed by atoms with Crippen LogP contribution in [0.3, 0.4) is 0 Å². The van der Waals surface area contributed by atoms with Crippen molar-refractivity contribution in [3.05, 3.63) is 36.0 Å². The van der Waals surface area contributed by atoms with Crippen molar-refractivity contribution in [3.63, 3.8) is 0 Å². The van der Waals surface area contributed by atoms with E-state index in [-0.39, 0.29) is 5.96 Å². The number of benzene rings is 1. The highest BCUT2D eigenvalue weighted by atomic mass is 15.3. The normalized spacial score (nSPS) is 10.9. The number of hydrogen-bond acceptors (Lipinski definition) is 2. The SMILES string of the molecule is NC(N)=NN=Cc1ccc2[nH]ccc2c1. The predicted molar refractivity (Wildman–Crippen MR) is 61.7 cm³/mol. The minimum Gasteiger partial charge on any atom is -0.369 e. The standard InChI is InChI=1S/C10H11N5/c11-10(12)15-14-6-7-1-2-9-8(5-7)3-4-13-9/h1-6,13H,(H4,11,12,15). The Hall–Kier alpha value is -2.30. The highest BCUT2D eigenvalue weighted by Crippen LogP contribution is 2.12. The Kier molecular flexibility index (Phi) is 2.37. The van der Waals surface area contributed by atoms with E-state index in [1.807, 2.05) is 30.5 Å². The van der Waals surface area contributed by atoms with Gasteiger partial charge in [0.05, 0.1) is 6.21 Å². The first-order chi connectivity index (χ1) is 7.25. The third-order valence-corrected chi connectivity index (χ3v) is 1.96. The van der Waals surface area contributed by atoms with Crippen LogP contribution in [-0.4, -0.2) is 17.2 Å². The summed E-state index contributed by atoms with van der Waals surface area (Å²) < 4.78 is 0. The van der Waals surface area contributed by atoms with E-state index in [4.69, 9.17) is 11.5 Å². The maximum atomic E-state index is 5.14. The molecular weight excluding hydrogens is 190 g/mol. The first-order valence-corrected chi connectivity index (χ1v) is 4.45. The molecule has 2 aromatic rings. The van der Waals surface area contributed by atoms with Gasteiger partial charge in [-0.2, -0.15) is 5.10 Å². The Labute approximate surface area is 86.5 Å². The smallest absolute Gasteiger partial charge is 0.211 e. The number of aromatic amines is 1. The Morgan fingerprint density at radius 2 is 2.13 bits per heavy atom. The Balaban J connectivity index is 2.28. The molecule has 0 aliphatic rings. The molecule has 0 unspecified atom stereocenters. The molecule has 0 spiro atoms. The van der Waals surface area contributed by atoms with Gasteiger partial charge in [0.2, 0.25) is 5.96 Å². The molecule has 0 aliphatic carbocycles. The zero-order valence-electron chi connectivity index (χ0n) is 8.01. The van der Waals surface area contributed by atoms with Crippen LogP contribution in [0, 0.1) is 0 Å². The molecule has 0 saturated carbocycles. The van der Waals surface area contributed by atoms with Gasteiger partial charge in [0.15, 0.2) is 0 Å². The van der Waals surface area contributed by atoms with Crippen LogP contribution >= 0.6 is 0 Å². The van der Waals surface area contributed by atoms with Crippen LogP contribution < -0.4 is 11.5 Å². The van der Waals surface area contributed by atoms with Crippen molar-refractivity contribution < 1.29 is 0 Å². The number of H-pyrrole nitrogens is 1. The maximum Gasteiger partial charge on any atom is 0.211 e. The van der Waals surface area contributed by atoms with Crippen molar-refractivity contribution in [2.75, 3.05) is 0 Å². The molecule has 5 heteroatoms. The van der Waals surface area contributed by atoms with Gasteiger partial charge >= 0.3 is 0 Å². The topological polar surface area (TPSA) is 92.6 Å². The highest BCUT2D eigenvalue weighted by molar-refractivity contribution is 5.89. The fourth-order valence-corrected chi connectivity index (χ4v) is 1.31. The molecular formula is C10H11N5. The van der Waals surface area contributed by atoms with Gasteiger partial charge in [0, 0.05) is 11.7 Å². The molecule has 1 aromatic heterocycles. The van der Waals surface area contributed by atoms with E-state index in [1.165, 1.54) is 0 Å². The number of nitrogens with one attached hydrogen (secondary N) is 1. The van der Waals surface area contributed by atoms with E-state index in [2.05, 4.69) is 15.2 Å². The highest BCUT2D eigenvalue weighted by Gasteiger charge is 1.94. The predicted octanol–water partition coefficient (Wildman–Crippen LogP) is 0.775. The lowest BCUT2D eigenvalue weighted by Gasteiger charge is -1.92. The van der Waals surface area contributed by atoms with Crippen LogP contribution in [0.25, 0.3) is 10.9 Å². The fraction of sp³-hybridized carbons (Fsp3) is 0. The number of fused-ring (bicyclic) bond motifs is 1. The summed E-state index contributed by atoms with van der Waals surface area (Å²) >= 11 is 0. The van der Waals surface area contributed by atoms with E-state index < -0.39 is 0 Å². The summed E-state index contributed by atoms with van der Waals surface area (Å²) in [6, 6.07) is 7.90. The van der Waals surface area contributed by atoms with E-state index in [1.54, 1.807) is 6.21 Å². The number of hydrogen-bond donors (Lipinski definition) is 3. The van der Waals surface area contributed by atoms with Gasteiger partial charge in [-0.1, -0.05) is 6.07 Å². The largest absolute Gasteiger partial charge is 0.369 e. The zero-order valence-corrected chi connectivity index (χ0v) is 8.01. The summed E-state index contributed by atoms with van der Waals surface area (Å²) in [4.78, 5) is 3.11. The molecule has 5 N–H and O–H groups in total. The first kappa shape index (κ1) is 9.26. The second-order valence-electron chi connectivity index (χ2n) is 3.09. The molecule has 0 radical (unpaired) electrons. The van der Waals surface area contributed by atoms with Crippen molar-refractivity contribution in [1.82, 2.24) is 4.98 Å². The third-order valence-electron chi connectivity index (χ3n) is 1.96. The first-order valence-electron chi connectivity index (χ1n) is 4.45. The van der Waals surface area contributed by atoms with Crippen LogP contribution in [-0.2, 0) is 0 Å². The number of nitrogens with two attached hydrogens (primary N) is 2. The molecule has 1 heterocycles. The summed E-state index contributed by atoms with van der Waals surface area (Å²) in [7, 11) is 0. The summed E-state index contributed by atoms with van der Waals surface area (Å²) in [6.45, 7) is 0. The van der Waals surface area contributed by atoms with Crippen LogP contribution in [0.2, 0.25) is 0 Å². The minimum atomic E-state index is -0.0472. The van der Waals surface area contributed by atoms with Crippen LogP contribution in [0.1, 0.15) is 5.56 Å². The quantitative estimate of drug-likeness (QED) is 0.380. The van der Waals surface area contributed by atoms with Gasteiger partial charge in [-0.25, -0.2) is 0 Å². The minimum absolute atomic E-state index is 0.0472. The van der Waals surface area contributed by atoms with Crippen molar-refractivity contribution in [3.8, 4) is 0 Å². The average Bonchev–Trinajstić information content (AvgIpc) is 2.64. The van der Waals surface area contributed by atoms with Gasteiger partial charge in [0.1, 0.15) is 0 Å². The molecule has 0 fully saturated rings. The van der Waals surface area contributed by atoms with Crippen LogP contribution in [0.15, 0.2) is 40.7 Å². The van der Waals surface area contributed by atoms with Crippen molar-refractivity contribution in [1.29, 1.82) is 0 Å². The lowest BCUT2D eigenvalue weighted by atomic mass is 10.2. The van der Waals surface area contributed by atoms with Gasteiger partial charge < -0.3 is 16.5 Å². The van der Waals surface area contributed by atoms with E-state index >= 15 is 0 Å². The van der Waals surface area contributed by atoms with Gasteiger partial charge in [-0.15, -0.1) is 5.10 Å². The number of aromatic nitrogens is 1. The summed E-state index contributed by atoms with van der Waals surface area (Å²) in [5.74, 6) is -0.0472. The molecule has 0 saturated heterocycles. The number of guanidine groups is 1. The molecule has 0 amide bonds. The van der Waals surface area contributed by atoms with E-state index in [0.29, 0.717) is 0 Å². The van der Waals surface area contributed by atoms with Crippen LogP contribution in [0.4, 0.5) is 0 Å². The molecule has 0 atom stereocenters. The van der Waals surface area contributed by atoms with Crippen molar-refractivity contribution >= 4 is 23.1 Å². The van der Waals surface area contributed by atoms with Gasteiger partial charge in [-0.05, 0) is 29.1 Å². The fourth-order valence-electron chi connectivity index (χ4n) is 1.31. The Morgan fingerprint density at radius 1 is 1.27 bits per heavy atom. The molecule has 2 rings (SSSR count). The maximum absolute atomic E-state index is 5.14. The molecule has 1 aromatic carbocycles. The number of nitrogens with zero attached hydrogens (tertiary/aromatic N) is 2. The Morgan fingerprint density at radius 3 is 2.93 bits per heavy atom. The summed E-state index contributed by atoms with van der Waals surface area (Å²) in [6.07, 6.45) is 3.49. The average molecular weight is 201 g/mol. The molecule has 76 valence electrons. The van der Waals surface area contributed by atoms with Gasteiger partial charge in [-0.3, -0.25) is 0 Å². The van der Waals surface area contributed by atoms with Crippen LogP contribution in [0.5, 0.6) is 0 Å². The van der Waals surface area contributed by atoms with Crippen molar-refractivity contribution in [2.45, 2.75) is 0 Å². The Bertz CT molecular complexity index is 519. The third kappa shape index (κ3) is 2.14. The monoisotopic (exact) mass is 201 g/mol. The lowest BCUT2D eigenvalue weighted by molar-refractivity contribution is 1.22. The number of rotatable bonds is 2. The molecule has 15 heavy (non-hydrogen) atoms. The molecule has 5 nitrogen and oxygen atoms in total. The van der Waals surface area contributed by atoms with E-state index in [0.717, 1.165) is 16.5 Å². The van der Waals surface area contributed by atoms with E-state index in [9.17, 15) is 0 Å². The second kappa shape index (κ2) is 3.83. The molecule has 0 aliphatic heterocycles. The summed E-state index contributed by atoms with van der Waals surface area (Å²) in [5, 5.41) is 8.38. The van der Waals surface area contributed by atoms with Crippen molar-refractivity contribution in [2.24, 2.45) is 21.7 Å². The summed E-state index contributed by atoms with van der Waals surface area (Å²) in [5.41, 5.74) is 12.3. The molecule has 0 bridgehead atoms. The second-order valence-corrected chi connectivity index (χ2v) is 3.09. The zero-order chi connectivity index (χ0) is 10.7. The van der Waals surface area contributed by atoms with Gasteiger partial charge in [0.25, 0.3) is 0 Å². The lowest BCUT2D eigenvalue weighted by Crippen LogP contribution is -2.21.